The summed E-state index contributed by atoms with van der Waals surface area (Å²) in [7, 11) is 0. The molecule has 0 saturated carbocycles. The molecule has 0 saturated heterocycles. The molecule has 0 aliphatic rings. The Morgan fingerprint density at radius 3 is 2.59 bits per heavy atom. The van der Waals surface area contributed by atoms with Gasteiger partial charge in [0, 0.05) is 5.56 Å². The van der Waals surface area contributed by atoms with Gasteiger partial charge in [-0.05, 0) is 31.5 Å². The number of benzene rings is 1. The third kappa shape index (κ3) is 2.88. The fourth-order valence-corrected chi connectivity index (χ4v) is 1.18. The number of nitriles is 1. The molecule has 0 aliphatic heterocycles. The molecule has 0 heterocycles. The first-order valence-electron chi connectivity index (χ1n) is 5.17. The van der Waals surface area contributed by atoms with Gasteiger partial charge in [-0.25, -0.2) is 0 Å². The largest absolute Gasteiger partial charge is 0.504 e. The molecule has 0 bridgehead atoms. The van der Waals surface area contributed by atoms with Gasteiger partial charge >= 0.3 is 0 Å². The molecule has 5 heteroatoms. The van der Waals surface area contributed by atoms with Gasteiger partial charge in [0.25, 0.3) is 5.91 Å². The Balaban J connectivity index is 2.91. The van der Waals surface area contributed by atoms with Crippen molar-refractivity contribution in [3.8, 4) is 17.6 Å². The third-order valence-corrected chi connectivity index (χ3v) is 2.58. The maximum atomic E-state index is 11.8. The van der Waals surface area contributed by atoms with Gasteiger partial charge in [-0.15, -0.1) is 0 Å². The molecule has 90 valence electrons. The van der Waals surface area contributed by atoms with E-state index < -0.39 is 11.4 Å². The molecular formula is C12H14N2O3. The summed E-state index contributed by atoms with van der Waals surface area (Å²) < 4.78 is 0. The Bertz CT molecular complexity index is 479. The fourth-order valence-electron chi connectivity index (χ4n) is 1.18. The predicted octanol–water partition coefficient (Wildman–Crippen LogP) is 1.52. The SMILES string of the molecule is CCC(C)(C#N)NC(=O)c1ccc(O)c(O)c1. The standard InChI is InChI=1S/C12H14N2O3/c1-3-12(2,7-13)14-11(17)8-4-5-9(15)10(16)6-8/h4-6,15-16H,3H2,1-2H3,(H,14,17). The van der Waals surface area contributed by atoms with Gasteiger partial charge in [-0.1, -0.05) is 6.92 Å². The summed E-state index contributed by atoms with van der Waals surface area (Å²) in [5.41, 5.74) is -0.750. The second-order valence-corrected chi connectivity index (χ2v) is 3.96. The van der Waals surface area contributed by atoms with E-state index in [9.17, 15) is 9.90 Å². The van der Waals surface area contributed by atoms with Crippen molar-refractivity contribution < 1.29 is 15.0 Å². The molecule has 1 unspecified atom stereocenters. The van der Waals surface area contributed by atoms with E-state index in [0.29, 0.717) is 6.42 Å². The number of amides is 1. The molecule has 17 heavy (non-hydrogen) atoms. The van der Waals surface area contributed by atoms with Gasteiger partial charge in [0.2, 0.25) is 0 Å². The number of carbonyl (C=O) groups is 1. The fraction of sp³-hybridized carbons (Fsp3) is 0.333. The molecule has 1 aromatic carbocycles. The van der Waals surface area contributed by atoms with Crippen LogP contribution < -0.4 is 5.32 Å². The maximum Gasteiger partial charge on any atom is 0.252 e. The van der Waals surface area contributed by atoms with Gasteiger partial charge < -0.3 is 15.5 Å². The van der Waals surface area contributed by atoms with E-state index in [1.807, 2.05) is 6.07 Å². The van der Waals surface area contributed by atoms with Gasteiger partial charge in [-0.3, -0.25) is 4.79 Å². The number of aromatic hydroxyl groups is 2. The minimum Gasteiger partial charge on any atom is -0.504 e. The van der Waals surface area contributed by atoms with Crippen LogP contribution in [0.15, 0.2) is 18.2 Å². The first-order valence-corrected chi connectivity index (χ1v) is 5.17. The van der Waals surface area contributed by atoms with Gasteiger partial charge in [0.05, 0.1) is 6.07 Å². The van der Waals surface area contributed by atoms with Crippen LogP contribution >= 0.6 is 0 Å². The van der Waals surface area contributed by atoms with Crippen LogP contribution in [0.25, 0.3) is 0 Å². The lowest BCUT2D eigenvalue weighted by Crippen LogP contribution is -2.44. The first kappa shape index (κ1) is 12.8. The average Bonchev–Trinajstić information content (AvgIpc) is 2.32. The number of nitrogens with zero attached hydrogens (tertiary/aromatic N) is 1. The zero-order chi connectivity index (χ0) is 13.1. The summed E-state index contributed by atoms with van der Waals surface area (Å²) in [4.78, 5) is 11.8. The summed E-state index contributed by atoms with van der Waals surface area (Å²) >= 11 is 0. The van der Waals surface area contributed by atoms with E-state index in [0.717, 1.165) is 6.07 Å². The van der Waals surface area contributed by atoms with Crippen molar-refractivity contribution in [3.05, 3.63) is 23.8 Å². The highest BCUT2D eigenvalue weighted by atomic mass is 16.3. The molecule has 3 N–H and O–H groups in total. The molecule has 0 radical (unpaired) electrons. The molecule has 1 atom stereocenters. The Kier molecular flexibility index (Phi) is 3.59. The number of nitrogens with one attached hydrogen (secondary N) is 1. The predicted molar refractivity (Wildman–Crippen MR) is 61.5 cm³/mol. The molecular weight excluding hydrogens is 220 g/mol. The van der Waals surface area contributed by atoms with Crippen molar-refractivity contribution in [2.75, 3.05) is 0 Å². The van der Waals surface area contributed by atoms with Crippen LogP contribution in [0, 0.1) is 11.3 Å². The number of hydrogen-bond acceptors (Lipinski definition) is 4. The van der Waals surface area contributed by atoms with Crippen molar-refractivity contribution in [3.63, 3.8) is 0 Å². The monoisotopic (exact) mass is 234 g/mol. The van der Waals surface area contributed by atoms with Crippen LogP contribution in [0.5, 0.6) is 11.5 Å². The normalized spacial score (nSPS) is 13.5. The summed E-state index contributed by atoms with van der Waals surface area (Å²) in [6.07, 6.45) is 0.472. The van der Waals surface area contributed by atoms with Gasteiger partial charge in [0.1, 0.15) is 5.54 Å². The zero-order valence-corrected chi connectivity index (χ0v) is 9.69. The number of carbonyl (C=O) groups excluding carboxylic acids is 1. The minimum atomic E-state index is -0.940. The highest BCUT2D eigenvalue weighted by molar-refractivity contribution is 5.95. The number of rotatable bonds is 3. The molecule has 5 nitrogen and oxygen atoms in total. The van der Waals surface area contributed by atoms with Gasteiger partial charge in [-0.2, -0.15) is 5.26 Å². The lowest BCUT2D eigenvalue weighted by Gasteiger charge is -2.21. The highest BCUT2D eigenvalue weighted by Crippen LogP contribution is 2.25. The highest BCUT2D eigenvalue weighted by Gasteiger charge is 2.24. The Morgan fingerprint density at radius 1 is 1.47 bits per heavy atom. The molecule has 1 amide bonds. The van der Waals surface area contributed by atoms with Crippen LogP contribution in [-0.2, 0) is 0 Å². The van der Waals surface area contributed by atoms with Crippen molar-refractivity contribution >= 4 is 5.91 Å². The molecule has 0 spiro atoms. The Labute approximate surface area is 99.3 Å². The number of phenolic OH excluding ortho intramolecular Hbond substituents is 2. The summed E-state index contributed by atoms with van der Waals surface area (Å²) in [6, 6.07) is 5.76. The maximum absolute atomic E-state index is 11.8. The van der Waals surface area contributed by atoms with Crippen LogP contribution in [0.4, 0.5) is 0 Å². The van der Waals surface area contributed by atoms with Crippen LogP contribution in [0.2, 0.25) is 0 Å². The lowest BCUT2D eigenvalue weighted by atomic mass is 10.0. The van der Waals surface area contributed by atoms with E-state index in [2.05, 4.69) is 5.32 Å². The zero-order valence-electron chi connectivity index (χ0n) is 9.69. The van der Waals surface area contributed by atoms with Crippen LogP contribution in [0.3, 0.4) is 0 Å². The van der Waals surface area contributed by atoms with Crippen molar-refractivity contribution in [2.45, 2.75) is 25.8 Å². The summed E-state index contributed by atoms with van der Waals surface area (Å²) in [5, 5.41) is 29.9. The molecule has 1 aromatic rings. The van der Waals surface area contributed by atoms with Crippen molar-refractivity contribution in [2.24, 2.45) is 0 Å². The Morgan fingerprint density at radius 2 is 2.12 bits per heavy atom. The number of phenols is 2. The van der Waals surface area contributed by atoms with Crippen LogP contribution in [0.1, 0.15) is 30.6 Å². The van der Waals surface area contributed by atoms with E-state index in [4.69, 9.17) is 10.4 Å². The van der Waals surface area contributed by atoms with E-state index in [1.54, 1.807) is 13.8 Å². The molecule has 0 aromatic heterocycles. The third-order valence-electron chi connectivity index (χ3n) is 2.58. The molecule has 1 rings (SSSR count). The van der Waals surface area contributed by atoms with Gasteiger partial charge in [0.15, 0.2) is 11.5 Å². The average molecular weight is 234 g/mol. The Hall–Kier alpha value is -2.22. The number of hydrogen-bond donors (Lipinski definition) is 3. The van der Waals surface area contributed by atoms with E-state index >= 15 is 0 Å². The van der Waals surface area contributed by atoms with Crippen molar-refractivity contribution in [1.29, 1.82) is 5.26 Å². The topological polar surface area (TPSA) is 93.4 Å². The summed E-state index contributed by atoms with van der Waals surface area (Å²) in [6.45, 7) is 3.41. The summed E-state index contributed by atoms with van der Waals surface area (Å²) in [5.74, 6) is -1.13. The quantitative estimate of drug-likeness (QED) is 0.691. The van der Waals surface area contributed by atoms with E-state index in [1.165, 1.54) is 12.1 Å². The van der Waals surface area contributed by atoms with E-state index in [-0.39, 0.29) is 17.1 Å². The molecule has 0 aliphatic carbocycles. The minimum absolute atomic E-state index is 0.190. The second-order valence-electron chi connectivity index (χ2n) is 3.96. The first-order chi connectivity index (χ1) is 7.91. The van der Waals surface area contributed by atoms with Crippen molar-refractivity contribution in [1.82, 2.24) is 5.32 Å². The molecule has 0 fully saturated rings. The van der Waals surface area contributed by atoms with Crippen LogP contribution in [-0.4, -0.2) is 21.7 Å². The lowest BCUT2D eigenvalue weighted by molar-refractivity contribution is 0.0922. The smallest absolute Gasteiger partial charge is 0.252 e. The second kappa shape index (κ2) is 4.74.